The SMILES string of the molecule is CCCCN1C(=O)C(=O)/C(=C(\O)c2ccc(Cl)c(Cl)c2)C1c1cccnc1. The summed E-state index contributed by atoms with van der Waals surface area (Å²) in [5.74, 6) is -1.62. The van der Waals surface area contributed by atoms with Crippen LogP contribution in [0.5, 0.6) is 0 Å². The molecule has 140 valence electrons. The zero-order chi connectivity index (χ0) is 19.6. The molecule has 1 aromatic carbocycles. The highest BCUT2D eigenvalue weighted by Gasteiger charge is 2.45. The summed E-state index contributed by atoms with van der Waals surface area (Å²) >= 11 is 12.0. The quantitative estimate of drug-likeness (QED) is 0.448. The summed E-state index contributed by atoms with van der Waals surface area (Å²) in [5, 5.41) is 11.4. The van der Waals surface area contributed by atoms with Crippen molar-refractivity contribution in [3.8, 4) is 0 Å². The number of aromatic nitrogens is 1. The fourth-order valence-corrected chi connectivity index (χ4v) is 3.42. The molecule has 1 atom stereocenters. The van der Waals surface area contributed by atoms with Crippen LogP contribution in [0.1, 0.15) is 36.9 Å². The summed E-state index contributed by atoms with van der Waals surface area (Å²) < 4.78 is 0. The van der Waals surface area contributed by atoms with E-state index < -0.39 is 17.7 Å². The van der Waals surface area contributed by atoms with E-state index in [1.807, 2.05) is 6.92 Å². The van der Waals surface area contributed by atoms with Gasteiger partial charge in [-0.3, -0.25) is 14.6 Å². The number of carbonyl (C=O) groups is 2. The number of hydrogen-bond acceptors (Lipinski definition) is 4. The molecule has 1 fully saturated rings. The Kier molecular flexibility index (Phi) is 5.82. The fourth-order valence-electron chi connectivity index (χ4n) is 3.12. The second-order valence-electron chi connectivity index (χ2n) is 6.26. The lowest BCUT2D eigenvalue weighted by atomic mass is 9.96. The van der Waals surface area contributed by atoms with Crippen LogP contribution in [-0.4, -0.2) is 33.2 Å². The maximum Gasteiger partial charge on any atom is 0.295 e. The number of aliphatic hydroxyl groups excluding tert-OH is 1. The van der Waals surface area contributed by atoms with Gasteiger partial charge in [-0.1, -0.05) is 42.6 Å². The number of nitrogens with zero attached hydrogens (tertiary/aromatic N) is 2. The standard InChI is InChI=1S/C20H18Cl2N2O3/c1-2-3-9-24-17(13-5-4-8-23-11-13)16(19(26)20(24)27)18(25)12-6-7-14(21)15(22)10-12/h4-8,10-11,17,25H,2-3,9H2,1H3/b18-16-. The van der Waals surface area contributed by atoms with Crippen LogP contribution in [0.25, 0.3) is 5.76 Å². The monoisotopic (exact) mass is 404 g/mol. The Morgan fingerprint density at radius 3 is 2.63 bits per heavy atom. The largest absolute Gasteiger partial charge is 0.507 e. The molecule has 0 spiro atoms. The number of halogens is 2. The maximum atomic E-state index is 12.7. The molecular formula is C20H18Cl2N2O3. The number of amides is 1. The number of carbonyl (C=O) groups excluding carboxylic acids is 2. The Labute approximate surface area is 167 Å². The topological polar surface area (TPSA) is 70.5 Å². The van der Waals surface area contributed by atoms with Crippen molar-refractivity contribution in [1.82, 2.24) is 9.88 Å². The third-order valence-corrected chi connectivity index (χ3v) is 5.22. The summed E-state index contributed by atoms with van der Waals surface area (Å²) in [7, 11) is 0. The van der Waals surface area contributed by atoms with E-state index in [4.69, 9.17) is 23.2 Å². The molecule has 0 saturated carbocycles. The van der Waals surface area contributed by atoms with Gasteiger partial charge in [0.15, 0.2) is 0 Å². The van der Waals surface area contributed by atoms with Crippen molar-refractivity contribution in [2.24, 2.45) is 0 Å². The lowest BCUT2D eigenvalue weighted by molar-refractivity contribution is -0.139. The Hall–Kier alpha value is -2.37. The van der Waals surface area contributed by atoms with Crippen molar-refractivity contribution < 1.29 is 14.7 Å². The van der Waals surface area contributed by atoms with Gasteiger partial charge >= 0.3 is 0 Å². The van der Waals surface area contributed by atoms with Gasteiger partial charge in [-0.25, -0.2) is 0 Å². The number of rotatable bonds is 5. The van der Waals surface area contributed by atoms with Crippen LogP contribution in [-0.2, 0) is 9.59 Å². The highest BCUT2D eigenvalue weighted by molar-refractivity contribution is 6.46. The average molecular weight is 405 g/mol. The summed E-state index contributed by atoms with van der Waals surface area (Å²) in [6.45, 7) is 2.42. The van der Waals surface area contributed by atoms with E-state index in [1.165, 1.54) is 17.0 Å². The van der Waals surface area contributed by atoms with Gasteiger partial charge in [0, 0.05) is 24.5 Å². The van der Waals surface area contributed by atoms with Crippen LogP contribution < -0.4 is 0 Å². The van der Waals surface area contributed by atoms with Gasteiger partial charge in [0.25, 0.3) is 11.7 Å². The van der Waals surface area contributed by atoms with Gasteiger partial charge in [-0.15, -0.1) is 0 Å². The Bertz CT molecular complexity index is 913. The van der Waals surface area contributed by atoms with Gasteiger partial charge in [0.05, 0.1) is 21.7 Å². The average Bonchev–Trinajstić information content (AvgIpc) is 2.93. The van der Waals surface area contributed by atoms with Gasteiger partial charge in [-0.2, -0.15) is 0 Å². The number of likely N-dealkylation sites (tertiary alicyclic amines) is 1. The summed E-state index contributed by atoms with van der Waals surface area (Å²) in [5.41, 5.74) is 1.02. The number of ketones is 1. The number of unbranched alkanes of at least 4 members (excludes halogenated alkanes) is 1. The van der Waals surface area contributed by atoms with Gasteiger partial charge < -0.3 is 10.0 Å². The first-order chi connectivity index (χ1) is 13.0. The molecule has 0 aliphatic carbocycles. The third-order valence-electron chi connectivity index (χ3n) is 4.49. The molecule has 0 radical (unpaired) electrons. The molecule has 7 heteroatoms. The van der Waals surface area contributed by atoms with E-state index in [0.717, 1.165) is 12.8 Å². The second kappa shape index (κ2) is 8.11. The normalized spacial score (nSPS) is 18.9. The van der Waals surface area contributed by atoms with Crippen LogP contribution in [0.15, 0.2) is 48.3 Å². The van der Waals surface area contributed by atoms with Gasteiger partial charge in [-0.05, 0) is 36.2 Å². The van der Waals surface area contributed by atoms with Crippen molar-refractivity contribution in [1.29, 1.82) is 0 Å². The second-order valence-corrected chi connectivity index (χ2v) is 7.08. The number of benzene rings is 1. The van der Waals surface area contributed by atoms with E-state index in [9.17, 15) is 14.7 Å². The van der Waals surface area contributed by atoms with Crippen LogP contribution >= 0.6 is 23.2 Å². The van der Waals surface area contributed by atoms with Crippen molar-refractivity contribution in [2.45, 2.75) is 25.8 Å². The van der Waals surface area contributed by atoms with Gasteiger partial charge in [0.1, 0.15) is 5.76 Å². The summed E-state index contributed by atoms with van der Waals surface area (Å²) in [6.07, 6.45) is 4.82. The van der Waals surface area contributed by atoms with E-state index >= 15 is 0 Å². The molecule has 1 amide bonds. The smallest absolute Gasteiger partial charge is 0.295 e. The highest BCUT2D eigenvalue weighted by atomic mass is 35.5. The number of pyridine rings is 1. The Morgan fingerprint density at radius 1 is 1.22 bits per heavy atom. The zero-order valence-corrected chi connectivity index (χ0v) is 16.2. The first-order valence-corrected chi connectivity index (χ1v) is 9.35. The van der Waals surface area contributed by atoms with Crippen LogP contribution in [0.4, 0.5) is 0 Å². The maximum absolute atomic E-state index is 12.7. The van der Waals surface area contributed by atoms with E-state index in [0.29, 0.717) is 22.7 Å². The van der Waals surface area contributed by atoms with Gasteiger partial charge in [0.2, 0.25) is 0 Å². The molecule has 1 aliphatic heterocycles. The molecule has 2 aromatic rings. The van der Waals surface area contributed by atoms with E-state index in [1.54, 1.807) is 30.6 Å². The molecule has 1 unspecified atom stereocenters. The predicted octanol–water partition coefficient (Wildman–Crippen LogP) is 4.61. The van der Waals surface area contributed by atoms with Crippen LogP contribution in [0, 0.1) is 0 Å². The molecule has 2 heterocycles. The minimum absolute atomic E-state index is 0.0301. The fraction of sp³-hybridized carbons (Fsp3) is 0.250. The molecule has 1 saturated heterocycles. The number of Topliss-reactive ketones (excluding diaryl/α,β-unsaturated/α-hetero) is 1. The molecule has 3 rings (SSSR count). The minimum Gasteiger partial charge on any atom is -0.507 e. The lowest BCUT2D eigenvalue weighted by Crippen LogP contribution is -2.30. The zero-order valence-electron chi connectivity index (χ0n) is 14.7. The Morgan fingerprint density at radius 2 is 2.00 bits per heavy atom. The lowest BCUT2D eigenvalue weighted by Gasteiger charge is -2.24. The summed E-state index contributed by atoms with van der Waals surface area (Å²) in [6, 6.07) is 7.38. The van der Waals surface area contributed by atoms with Crippen molar-refractivity contribution >= 4 is 40.7 Å². The molecular weight excluding hydrogens is 387 g/mol. The number of aliphatic hydroxyl groups is 1. The number of hydrogen-bond donors (Lipinski definition) is 1. The molecule has 1 aromatic heterocycles. The predicted molar refractivity (Wildman–Crippen MR) is 105 cm³/mol. The molecule has 1 N–H and O–H groups in total. The molecule has 0 bridgehead atoms. The summed E-state index contributed by atoms with van der Waals surface area (Å²) in [4.78, 5) is 31.0. The molecule has 1 aliphatic rings. The van der Waals surface area contributed by atoms with Crippen LogP contribution in [0.3, 0.4) is 0 Å². The molecule has 27 heavy (non-hydrogen) atoms. The van der Waals surface area contributed by atoms with Crippen molar-refractivity contribution in [2.75, 3.05) is 6.54 Å². The molecule has 5 nitrogen and oxygen atoms in total. The first kappa shape index (κ1) is 19.4. The Balaban J connectivity index is 2.16. The minimum atomic E-state index is -0.719. The van der Waals surface area contributed by atoms with E-state index in [2.05, 4.69) is 4.98 Å². The third kappa shape index (κ3) is 3.70. The van der Waals surface area contributed by atoms with E-state index in [-0.39, 0.29) is 16.4 Å². The highest BCUT2D eigenvalue weighted by Crippen LogP contribution is 2.39. The van der Waals surface area contributed by atoms with Crippen molar-refractivity contribution in [3.05, 3.63) is 69.5 Å². The van der Waals surface area contributed by atoms with Crippen molar-refractivity contribution in [3.63, 3.8) is 0 Å². The van der Waals surface area contributed by atoms with Crippen LogP contribution in [0.2, 0.25) is 10.0 Å². The first-order valence-electron chi connectivity index (χ1n) is 8.59.